The van der Waals surface area contributed by atoms with E-state index in [0.29, 0.717) is 0 Å². The van der Waals surface area contributed by atoms with Crippen molar-refractivity contribution in [2.45, 2.75) is 0 Å². The van der Waals surface area contributed by atoms with Crippen molar-refractivity contribution in [2.75, 3.05) is 0 Å². The largest absolute Gasteiger partial charge is 2.00 e. The van der Waals surface area contributed by atoms with E-state index < -0.39 is 41.2 Å². The second-order valence-corrected chi connectivity index (χ2v) is 5.91. The molecule has 0 aromatic heterocycles. The van der Waals surface area contributed by atoms with Crippen molar-refractivity contribution in [3.05, 3.63) is 0 Å². The van der Waals surface area contributed by atoms with E-state index >= 15 is 0 Å². The van der Waals surface area contributed by atoms with Crippen LogP contribution in [0.4, 0.5) is 0 Å². The van der Waals surface area contributed by atoms with Crippen LogP contribution >= 0.6 is 0 Å². The molecular weight excluding hydrogens is 494 g/mol. The molecule has 0 aromatic rings. The van der Waals surface area contributed by atoms with Crippen LogP contribution in [0.15, 0.2) is 0 Å². The average molecular weight is 502 g/mol. The van der Waals surface area contributed by atoms with Gasteiger partial charge in [-0.05, 0) is 0 Å². The fraction of sp³-hybridized carbons (Fsp3) is 0. The summed E-state index contributed by atoms with van der Waals surface area (Å²) >= 11 is 0. The Balaban J connectivity index is -0.0000000376. The van der Waals surface area contributed by atoms with Gasteiger partial charge in [0.2, 0.25) is 0 Å². The van der Waals surface area contributed by atoms with Gasteiger partial charge in [-0.15, -0.1) is 0 Å². The van der Waals surface area contributed by atoms with Crippen molar-refractivity contribution in [3.63, 3.8) is 0 Å². The standard InChI is InChI=1S/Co.4H3NO3S.Ni/c;4*1-5(2,3)4;/h;4*(H3,1,2,3,4);/q+2;;;;;+2/p-4. The molecule has 0 aliphatic rings. The maximum Gasteiger partial charge on any atom is 2.00 e. The third-order valence-corrected chi connectivity index (χ3v) is 0. The smallest absolute Gasteiger partial charge is 0.736 e. The van der Waals surface area contributed by atoms with Crippen LogP contribution in [0.5, 0.6) is 0 Å². The molecule has 22 heteroatoms. The first-order chi connectivity index (χ1) is 8.00. The van der Waals surface area contributed by atoms with E-state index in [0.717, 1.165) is 0 Å². The van der Waals surface area contributed by atoms with Gasteiger partial charge in [0, 0.05) is 0 Å². The van der Waals surface area contributed by atoms with Gasteiger partial charge in [-0.3, -0.25) is 0 Å². The first-order valence-electron chi connectivity index (χ1n) is 2.94. The van der Waals surface area contributed by atoms with E-state index in [-0.39, 0.29) is 33.3 Å². The Hall–Kier alpha value is 0.480. The summed E-state index contributed by atoms with van der Waals surface area (Å²) < 4.78 is 106. The molecule has 0 saturated carbocycles. The van der Waals surface area contributed by atoms with Gasteiger partial charge in [0.1, 0.15) is 0 Å². The minimum absolute atomic E-state index is 0. The summed E-state index contributed by atoms with van der Waals surface area (Å²) in [5.74, 6) is 0. The van der Waals surface area contributed by atoms with Crippen LogP contribution < -0.4 is 20.6 Å². The molecule has 0 fully saturated rings. The molecule has 0 unspecified atom stereocenters. The fourth-order valence-corrected chi connectivity index (χ4v) is 0. The first kappa shape index (κ1) is 38.2. The minimum Gasteiger partial charge on any atom is -0.736 e. The number of rotatable bonds is 0. The number of hydrogen-bond acceptors (Lipinski definition) is 12. The van der Waals surface area contributed by atoms with Crippen LogP contribution in [0.2, 0.25) is 0 Å². The Labute approximate surface area is 146 Å². The zero-order valence-electron chi connectivity index (χ0n) is 9.49. The normalized spacial score (nSPS) is 10.5. The molecule has 143 valence electrons. The monoisotopic (exact) mass is 501 g/mol. The molecular formula is H8CoN4NiO12S4. The molecule has 8 N–H and O–H groups in total. The summed E-state index contributed by atoms with van der Waals surface area (Å²) in [6, 6.07) is 0. The fourth-order valence-electron chi connectivity index (χ4n) is 0. The molecule has 0 aromatic carbocycles. The van der Waals surface area contributed by atoms with Crippen molar-refractivity contribution in [3.8, 4) is 0 Å². The molecule has 0 heterocycles. The Morgan fingerprint density at radius 3 is 0.455 bits per heavy atom. The molecule has 0 bridgehead atoms. The third kappa shape index (κ3) is 33700. The van der Waals surface area contributed by atoms with Crippen LogP contribution in [0.3, 0.4) is 0 Å². The van der Waals surface area contributed by atoms with E-state index in [1.54, 1.807) is 0 Å². The SMILES string of the molecule is NS(=O)(=O)[O-].NS(=O)(=O)[O-].NS(=O)(=O)[O-].NS(=O)(=O)[O-].[Co+2].[Ni+2]. The molecule has 16 nitrogen and oxygen atoms in total. The van der Waals surface area contributed by atoms with Crippen LogP contribution in [0.1, 0.15) is 0 Å². The van der Waals surface area contributed by atoms with E-state index in [1.807, 2.05) is 0 Å². The van der Waals surface area contributed by atoms with Gasteiger partial charge in [0.05, 0.1) is 0 Å². The second-order valence-electron chi connectivity index (χ2n) is 1.97. The van der Waals surface area contributed by atoms with Gasteiger partial charge in [-0.25, -0.2) is 54.2 Å². The van der Waals surface area contributed by atoms with Crippen LogP contribution in [-0.4, -0.2) is 51.9 Å². The first-order valence-corrected chi connectivity index (χ1v) is 8.83. The zero-order valence-corrected chi connectivity index (χ0v) is 14.8. The van der Waals surface area contributed by atoms with Crippen LogP contribution in [0, 0.1) is 0 Å². The second kappa shape index (κ2) is 15.0. The van der Waals surface area contributed by atoms with Crippen molar-refractivity contribution in [2.24, 2.45) is 20.6 Å². The predicted molar refractivity (Wildman–Crippen MR) is 55.5 cm³/mol. The molecule has 0 aliphatic carbocycles. The van der Waals surface area contributed by atoms with Crippen molar-refractivity contribution in [1.82, 2.24) is 0 Å². The summed E-state index contributed by atoms with van der Waals surface area (Å²) in [6.07, 6.45) is 0. The van der Waals surface area contributed by atoms with E-state index in [2.05, 4.69) is 20.6 Å². The summed E-state index contributed by atoms with van der Waals surface area (Å²) in [6.45, 7) is 0. The van der Waals surface area contributed by atoms with Gasteiger partial charge in [-0.2, -0.15) is 0 Å². The average Bonchev–Trinajstić information content (AvgIpc) is 1.62. The summed E-state index contributed by atoms with van der Waals surface area (Å²) in [7, 11) is -17.7. The maximum absolute atomic E-state index is 8.85. The maximum atomic E-state index is 8.85. The zero-order chi connectivity index (χ0) is 18.0. The Kier molecular flexibility index (Phi) is 26.1. The summed E-state index contributed by atoms with van der Waals surface area (Å²) in [5.41, 5.74) is 0. The van der Waals surface area contributed by atoms with Gasteiger partial charge in [0.25, 0.3) is 0 Å². The topological polar surface area (TPSA) is 333 Å². The molecule has 0 amide bonds. The van der Waals surface area contributed by atoms with Crippen LogP contribution in [-0.2, 0) is 74.5 Å². The van der Waals surface area contributed by atoms with E-state index in [4.69, 9.17) is 51.9 Å². The minimum atomic E-state index is -4.42. The molecule has 0 saturated heterocycles. The summed E-state index contributed by atoms with van der Waals surface area (Å²) in [5, 5.41) is 15.1. The van der Waals surface area contributed by atoms with Crippen molar-refractivity contribution >= 4 is 41.2 Å². The molecule has 22 heavy (non-hydrogen) atoms. The van der Waals surface area contributed by atoms with Gasteiger partial charge in [-0.1, -0.05) is 0 Å². The number of nitrogens with two attached hydrogens (primary N) is 4. The van der Waals surface area contributed by atoms with Crippen LogP contribution in [0.25, 0.3) is 0 Å². The van der Waals surface area contributed by atoms with E-state index in [1.165, 1.54) is 0 Å². The van der Waals surface area contributed by atoms with Gasteiger partial charge in [0.15, 0.2) is 41.2 Å². The van der Waals surface area contributed by atoms with Gasteiger partial charge < -0.3 is 18.2 Å². The Bertz CT molecular complexity index is 492. The van der Waals surface area contributed by atoms with Crippen molar-refractivity contribution < 1.29 is 85.2 Å². The Morgan fingerprint density at radius 1 is 0.455 bits per heavy atom. The summed E-state index contributed by atoms with van der Waals surface area (Å²) in [4.78, 5) is 0. The van der Waals surface area contributed by atoms with Gasteiger partial charge >= 0.3 is 33.3 Å². The predicted octanol–water partition coefficient (Wildman–Crippen LogP) is -6.38. The quantitative estimate of drug-likeness (QED) is 0.177. The van der Waals surface area contributed by atoms with Crippen molar-refractivity contribution in [1.29, 1.82) is 0 Å². The number of hydrogen-bond donors (Lipinski definition) is 4. The molecule has 0 aliphatic heterocycles. The Morgan fingerprint density at radius 2 is 0.455 bits per heavy atom. The molecule has 0 atom stereocenters. The molecule has 0 rings (SSSR count). The third-order valence-electron chi connectivity index (χ3n) is 0. The molecule has 1 radical (unpaired) electrons. The van der Waals surface area contributed by atoms with E-state index in [9.17, 15) is 0 Å². The molecule has 0 spiro atoms.